The standard InChI is InChI=1S/C48H76N4O22/c1-5-6-7-8-9-10-11-12-13-17-67-27-16-14-15-26(18-27)44(65)52-33-37(61)36(60)28(19-53)69-46(33)73-42-30(21-55)71-48(35(39(42)63)51-25(4)59)74-43-31(22-56)70-47(34(40(43)64)50-24(3)58)72-41-29(20-54)68-45(66)32(38(41)62)49-23(2)57/h10-11,14-16,18,28-43,45-48,53-56,60-64,66H,5-9,12-13,17,19-22H2,1-4H3,(H,49,57)(H,50,58)(H,51,59)(H,52,65)/b11-10-/t28?,29?,30?,31?,32?,33?,34?,35?,36-,37-,38?,39?,40-,41-,42-,43-,45-,46+,47+,48+/m1/s1. The third kappa shape index (κ3) is 16.0. The van der Waals surface area contributed by atoms with Crippen LogP contribution in [0.15, 0.2) is 36.4 Å². The fraction of sp³-hybridized carbons (Fsp3) is 0.750. The van der Waals surface area contributed by atoms with Gasteiger partial charge in [0.1, 0.15) is 103 Å². The van der Waals surface area contributed by atoms with Crippen molar-refractivity contribution in [2.75, 3.05) is 33.0 Å². The van der Waals surface area contributed by atoms with Crippen molar-refractivity contribution >= 4 is 23.6 Å². The number of hydrogen-bond acceptors (Lipinski definition) is 22. The van der Waals surface area contributed by atoms with E-state index in [0.717, 1.165) is 46.5 Å². The SMILES string of the molecule is CCCCCC/C=C\CCCOc1cccc(C(=O)NC2[C@H](O[C@@H]3C(CO)O[C@@H](O[C@@H]4C(CO)O[C@@H](O[C@@H]5C(CO)O[C@@H](O)C(NC(C)=O)C5O)C(NC(C)=O)[C@H]4O)C(NC(C)=O)C3O)OC(CO)[C@@H](O)[C@@H]2O)c1. The lowest BCUT2D eigenvalue weighted by molar-refractivity contribution is -0.361. The molecule has 0 aromatic heterocycles. The Kier molecular flexibility index (Phi) is 24.2. The Balaban J connectivity index is 1.32. The summed E-state index contributed by atoms with van der Waals surface area (Å²) in [7, 11) is 0. The zero-order valence-electron chi connectivity index (χ0n) is 41.9. The lowest BCUT2D eigenvalue weighted by atomic mass is 9.93. The summed E-state index contributed by atoms with van der Waals surface area (Å²) in [5.74, 6) is -2.58. The van der Waals surface area contributed by atoms with Gasteiger partial charge in [0, 0.05) is 26.3 Å². The third-order valence-electron chi connectivity index (χ3n) is 13.0. The number of allylic oxidation sites excluding steroid dienone is 2. The van der Waals surface area contributed by atoms with Crippen LogP contribution in [0.1, 0.15) is 83.0 Å². The molecule has 0 bridgehead atoms. The molecule has 14 N–H and O–H groups in total. The van der Waals surface area contributed by atoms with Crippen molar-refractivity contribution in [1.29, 1.82) is 0 Å². The summed E-state index contributed by atoms with van der Waals surface area (Å²) in [6, 6.07) is -0.191. The predicted octanol–water partition coefficient (Wildman–Crippen LogP) is -4.19. The number of unbranched alkanes of at least 4 members (excludes halogenated alkanes) is 5. The molecule has 5 rings (SSSR count). The molecule has 4 aliphatic rings. The highest BCUT2D eigenvalue weighted by atomic mass is 16.8. The number of ether oxygens (including phenoxy) is 8. The van der Waals surface area contributed by atoms with E-state index in [4.69, 9.17) is 37.9 Å². The molecule has 0 radical (unpaired) electrons. The van der Waals surface area contributed by atoms with E-state index >= 15 is 0 Å². The van der Waals surface area contributed by atoms with Crippen LogP contribution in [0.4, 0.5) is 0 Å². The Morgan fingerprint density at radius 1 is 0.541 bits per heavy atom. The third-order valence-corrected chi connectivity index (χ3v) is 13.0. The van der Waals surface area contributed by atoms with Gasteiger partial charge >= 0.3 is 0 Å². The van der Waals surface area contributed by atoms with Gasteiger partial charge in [-0.2, -0.15) is 0 Å². The van der Waals surface area contributed by atoms with E-state index in [0.29, 0.717) is 12.4 Å². The molecule has 0 aliphatic carbocycles. The molecule has 1 aromatic rings. The highest BCUT2D eigenvalue weighted by Gasteiger charge is 2.56. The number of amides is 4. The number of carbonyl (C=O) groups is 4. The summed E-state index contributed by atoms with van der Waals surface area (Å²) in [6.07, 6.45) is -16.1. The normalized spacial score (nSPS) is 36.5. The molecule has 0 saturated carbocycles. The zero-order chi connectivity index (χ0) is 54.2. The second-order valence-corrected chi connectivity index (χ2v) is 18.7. The van der Waals surface area contributed by atoms with Gasteiger partial charge in [0.25, 0.3) is 5.91 Å². The van der Waals surface area contributed by atoms with Crippen molar-refractivity contribution in [3.05, 3.63) is 42.0 Å². The van der Waals surface area contributed by atoms with Crippen LogP contribution >= 0.6 is 0 Å². The van der Waals surface area contributed by atoms with E-state index in [9.17, 15) is 70.2 Å². The first-order valence-electron chi connectivity index (χ1n) is 25.0. The van der Waals surface area contributed by atoms with Crippen LogP contribution < -0.4 is 26.0 Å². The molecule has 74 heavy (non-hydrogen) atoms. The molecule has 4 aliphatic heterocycles. The number of benzene rings is 1. The molecule has 4 heterocycles. The Morgan fingerprint density at radius 3 is 1.47 bits per heavy atom. The molecular weight excluding hydrogens is 985 g/mol. The topological polar surface area (TPSA) is 393 Å². The summed E-state index contributed by atoms with van der Waals surface area (Å²) in [5.41, 5.74) is 0.0817. The van der Waals surface area contributed by atoms with Gasteiger partial charge < -0.3 is 110 Å². The first-order valence-corrected chi connectivity index (χ1v) is 25.0. The summed E-state index contributed by atoms with van der Waals surface area (Å²) < 4.78 is 47.4. The molecule has 4 fully saturated rings. The van der Waals surface area contributed by atoms with Crippen molar-refractivity contribution in [3.63, 3.8) is 0 Å². The van der Waals surface area contributed by atoms with Crippen LogP contribution in [0.3, 0.4) is 0 Å². The fourth-order valence-corrected chi connectivity index (χ4v) is 9.21. The quantitative estimate of drug-likeness (QED) is 0.0326. The van der Waals surface area contributed by atoms with E-state index in [1.165, 1.54) is 31.4 Å². The smallest absolute Gasteiger partial charge is 0.251 e. The molecule has 20 atom stereocenters. The fourth-order valence-electron chi connectivity index (χ4n) is 9.21. The molecule has 4 saturated heterocycles. The van der Waals surface area contributed by atoms with E-state index in [1.54, 1.807) is 12.1 Å². The molecule has 10 unspecified atom stereocenters. The van der Waals surface area contributed by atoms with Gasteiger partial charge in [0.15, 0.2) is 25.2 Å². The number of carbonyl (C=O) groups excluding carboxylic acids is 4. The van der Waals surface area contributed by atoms with Crippen LogP contribution in [-0.2, 0) is 47.5 Å². The van der Waals surface area contributed by atoms with Crippen LogP contribution in [0.25, 0.3) is 0 Å². The highest BCUT2D eigenvalue weighted by molar-refractivity contribution is 5.94. The zero-order valence-corrected chi connectivity index (χ0v) is 41.9. The molecule has 1 aromatic carbocycles. The first-order chi connectivity index (χ1) is 35.4. The maximum absolute atomic E-state index is 13.8. The lowest BCUT2D eigenvalue weighted by Gasteiger charge is -2.51. The van der Waals surface area contributed by atoms with Crippen LogP contribution in [-0.4, -0.2) is 230 Å². The van der Waals surface area contributed by atoms with Gasteiger partial charge in [0.2, 0.25) is 17.7 Å². The number of aliphatic hydroxyl groups is 10. The van der Waals surface area contributed by atoms with Crippen molar-refractivity contribution in [2.45, 2.75) is 195 Å². The number of nitrogens with one attached hydrogen (secondary N) is 4. The van der Waals surface area contributed by atoms with Gasteiger partial charge in [-0.1, -0.05) is 44.4 Å². The summed E-state index contributed by atoms with van der Waals surface area (Å²) >= 11 is 0. The number of rotatable bonds is 25. The number of hydrogen-bond donors (Lipinski definition) is 14. The minimum absolute atomic E-state index is 0.0817. The maximum atomic E-state index is 13.8. The molecular formula is C48H76N4O22. The second-order valence-electron chi connectivity index (χ2n) is 18.7. The van der Waals surface area contributed by atoms with E-state index in [-0.39, 0.29) is 5.56 Å². The molecule has 26 heteroatoms. The van der Waals surface area contributed by atoms with Crippen LogP contribution in [0.5, 0.6) is 5.75 Å². The van der Waals surface area contributed by atoms with Gasteiger partial charge in [-0.05, 0) is 43.9 Å². The molecule has 420 valence electrons. The summed E-state index contributed by atoms with van der Waals surface area (Å²) in [4.78, 5) is 50.9. The van der Waals surface area contributed by atoms with Crippen molar-refractivity contribution in [2.24, 2.45) is 0 Å². The molecule has 0 spiro atoms. The van der Waals surface area contributed by atoms with Gasteiger partial charge in [-0.25, -0.2) is 0 Å². The van der Waals surface area contributed by atoms with Crippen molar-refractivity contribution < 1.29 is 108 Å². The minimum atomic E-state index is -1.94. The summed E-state index contributed by atoms with van der Waals surface area (Å²) in [5, 5.41) is 119. The average Bonchev–Trinajstić information content (AvgIpc) is 3.36. The lowest BCUT2D eigenvalue weighted by Crippen LogP contribution is -2.71. The maximum Gasteiger partial charge on any atom is 0.251 e. The highest BCUT2D eigenvalue weighted by Crippen LogP contribution is 2.35. The van der Waals surface area contributed by atoms with Gasteiger partial charge in [0.05, 0.1) is 33.0 Å². The average molecular weight is 1060 g/mol. The monoisotopic (exact) mass is 1060 g/mol. The van der Waals surface area contributed by atoms with E-state index < -0.39 is 173 Å². The Labute approximate surface area is 428 Å². The van der Waals surface area contributed by atoms with E-state index in [1.807, 2.05) is 0 Å². The van der Waals surface area contributed by atoms with Crippen molar-refractivity contribution in [3.8, 4) is 5.75 Å². The van der Waals surface area contributed by atoms with Crippen LogP contribution in [0.2, 0.25) is 0 Å². The predicted molar refractivity (Wildman–Crippen MR) is 253 cm³/mol. The second kappa shape index (κ2) is 29.5. The minimum Gasteiger partial charge on any atom is -0.494 e. The Bertz CT molecular complexity index is 1960. The van der Waals surface area contributed by atoms with Crippen LogP contribution in [0, 0.1) is 0 Å². The molecule has 4 amide bonds. The Hall–Kier alpha value is -4.04. The Morgan fingerprint density at radius 2 is 0.986 bits per heavy atom. The summed E-state index contributed by atoms with van der Waals surface area (Å²) in [6.45, 7) is 2.23. The molecule has 26 nitrogen and oxygen atoms in total. The van der Waals surface area contributed by atoms with Gasteiger partial charge in [-0.3, -0.25) is 19.2 Å². The largest absolute Gasteiger partial charge is 0.494 e. The number of aliphatic hydroxyl groups excluding tert-OH is 10. The first kappa shape index (κ1) is 60.8. The van der Waals surface area contributed by atoms with Gasteiger partial charge in [-0.15, -0.1) is 0 Å². The van der Waals surface area contributed by atoms with E-state index in [2.05, 4.69) is 40.3 Å². The van der Waals surface area contributed by atoms with Crippen molar-refractivity contribution in [1.82, 2.24) is 21.3 Å².